The Bertz CT molecular complexity index is 165. The van der Waals surface area contributed by atoms with Gasteiger partial charge in [-0.15, -0.1) is 0 Å². The van der Waals surface area contributed by atoms with Gasteiger partial charge in [0.1, 0.15) is 0 Å². The molecule has 15 heavy (non-hydrogen) atoms. The summed E-state index contributed by atoms with van der Waals surface area (Å²) >= 11 is 0. The maximum absolute atomic E-state index is 9.47. The lowest BCUT2D eigenvalue weighted by molar-refractivity contribution is 0.0802. The number of hydrogen-bond acceptors (Lipinski definition) is 3. The summed E-state index contributed by atoms with van der Waals surface area (Å²) in [5.74, 6) is 0. The van der Waals surface area contributed by atoms with Crippen molar-refractivity contribution in [3.8, 4) is 0 Å². The SMILES string of the molecule is CCCN(CC(C)O)C1CCC(N)CC1. The second-order valence-corrected chi connectivity index (χ2v) is 4.91. The minimum absolute atomic E-state index is 0.216. The minimum atomic E-state index is -0.216. The van der Waals surface area contributed by atoms with Crippen molar-refractivity contribution in [2.75, 3.05) is 13.1 Å². The van der Waals surface area contributed by atoms with E-state index in [9.17, 15) is 5.11 Å². The van der Waals surface area contributed by atoms with Crippen LogP contribution < -0.4 is 5.73 Å². The number of nitrogens with two attached hydrogens (primary N) is 1. The Kier molecular flexibility index (Phi) is 5.58. The summed E-state index contributed by atoms with van der Waals surface area (Å²) in [4.78, 5) is 2.44. The minimum Gasteiger partial charge on any atom is -0.392 e. The van der Waals surface area contributed by atoms with Crippen LogP contribution in [0.3, 0.4) is 0 Å². The third-order valence-electron chi connectivity index (χ3n) is 3.27. The zero-order chi connectivity index (χ0) is 11.3. The first-order valence-corrected chi connectivity index (χ1v) is 6.31. The molecule has 0 radical (unpaired) electrons. The molecule has 1 saturated carbocycles. The Hall–Kier alpha value is -0.120. The number of hydrogen-bond donors (Lipinski definition) is 2. The van der Waals surface area contributed by atoms with Gasteiger partial charge in [0.25, 0.3) is 0 Å². The number of aliphatic hydroxyl groups is 1. The zero-order valence-electron chi connectivity index (χ0n) is 10.2. The van der Waals surface area contributed by atoms with E-state index in [0.29, 0.717) is 12.1 Å². The molecule has 1 aliphatic carbocycles. The summed E-state index contributed by atoms with van der Waals surface area (Å²) in [7, 11) is 0. The Labute approximate surface area is 93.6 Å². The van der Waals surface area contributed by atoms with Crippen LogP contribution in [0.4, 0.5) is 0 Å². The molecule has 1 atom stereocenters. The lowest BCUT2D eigenvalue weighted by atomic mass is 9.90. The summed E-state index contributed by atoms with van der Waals surface area (Å²) in [6.07, 6.45) is 5.64. The van der Waals surface area contributed by atoms with Crippen LogP contribution in [0.5, 0.6) is 0 Å². The molecule has 0 heterocycles. The Morgan fingerprint density at radius 2 is 1.93 bits per heavy atom. The molecule has 0 aromatic heterocycles. The van der Waals surface area contributed by atoms with Crippen molar-refractivity contribution in [3.63, 3.8) is 0 Å². The van der Waals surface area contributed by atoms with Crippen LogP contribution in [0.15, 0.2) is 0 Å². The molecule has 0 bridgehead atoms. The maximum Gasteiger partial charge on any atom is 0.0639 e. The van der Waals surface area contributed by atoms with Crippen molar-refractivity contribution >= 4 is 0 Å². The van der Waals surface area contributed by atoms with Gasteiger partial charge >= 0.3 is 0 Å². The summed E-state index contributed by atoms with van der Waals surface area (Å²) < 4.78 is 0. The monoisotopic (exact) mass is 214 g/mol. The van der Waals surface area contributed by atoms with Gasteiger partial charge in [0, 0.05) is 18.6 Å². The van der Waals surface area contributed by atoms with E-state index >= 15 is 0 Å². The van der Waals surface area contributed by atoms with E-state index in [2.05, 4.69) is 11.8 Å². The first-order chi connectivity index (χ1) is 7.13. The quantitative estimate of drug-likeness (QED) is 0.726. The topological polar surface area (TPSA) is 49.5 Å². The molecule has 3 heteroatoms. The van der Waals surface area contributed by atoms with E-state index in [1.54, 1.807) is 0 Å². The molecular weight excluding hydrogens is 188 g/mol. The average Bonchev–Trinajstić information content (AvgIpc) is 2.17. The molecular formula is C12H26N2O. The Morgan fingerprint density at radius 1 is 1.33 bits per heavy atom. The Balaban J connectivity index is 2.40. The van der Waals surface area contributed by atoms with E-state index < -0.39 is 0 Å². The van der Waals surface area contributed by atoms with Crippen molar-refractivity contribution in [2.45, 2.75) is 64.1 Å². The highest BCUT2D eigenvalue weighted by Crippen LogP contribution is 2.22. The van der Waals surface area contributed by atoms with Crippen molar-refractivity contribution < 1.29 is 5.11 Å². The van der Waals surface area contributed by atoms with Gasteiger partial charge < -0.3 is 10.8 Å². The summed E-state index contributed by atoms with van der Waals surface area (Å²) in [6, 6.07) is 1.07. The van der Waals surface area contributed by atoms with E-state index in [1.165, 1.54) is 12.8 Å². The van der Waals surface area contributed by atoms with Crippen LogP contribution in [0, 0.1) is 0 Å². The predicted octanol–water partition coefficient (Wildman–Crippen LogP) is 1.35. The van der Waals surface area contributed by atoms with E-state index in [-0.39, 0.29) is 6.10 Å². The van der Waals surface area contributed by atoms with Crippen molar-refractivity contribution in [2.24, 2.45) is 5.73 Å². The van der Waals surface area contributed by atoms with Gasteiger partial charge in [-0.05, 0) is 45.6 Å². The van der Waals surface area contributed by atoms with Crippen LogP contribution in [-0.2, 0) is 0 Å². The summed E-state index contributed by atoms with van der Waals surface area (Å²) in [5.41, 5.74) is 5.90. The molecule has 3 nitrogen and oxygen atoms in total. The van der Waals surface area contributed by atoms with Crippen molar-refractivity contribution in [1.82, 2.24) is 4.90 Å². The second-order valence-electron chi connectivity index (χ2n) is 4.91. The molecule has 0 saturated heterocycles. The molecule has 3 N–H and O–H groups in total. The highest BCUT2D eigenvalue weighted by molar-refractivity contribution is 4.81. The van der Waals surface area contributed by atoms with Crippen LogP contribution >= 0.6 is 0 Å². The van der Waals surface area contributed by atoms with Gasteiger partial charge in [-0.25, -0.2) is 0 Å². The molecule has 1 rings (SSSR count). The van der Waals surface area contributed by atoms with Crippen LogP contribution in [0.2, 0.25) is 0 Å². The van der Waals surface area contributed by atoms with Gasteiger partial charge in [0.15, 0.2) is 0 Å². The molecule has 0 aromatic carbocycles. The number of nitrogens with zero attached hydrogens (tertiary/aromatic N) is 1. The molecule has 0 amide bonds. The third-order valence-corrected chi connectivity index (χ3v) is 3.27. The summed E-state index contributed by atoms with van der Waals surface area (Å²) in [5, 5.41) is 9.47. The van der Waals surface area contributed by atoms with Crippen molar-refractivity contribution in [3.05, 3.63) is 0 Å². The fraction of sp³-hybridized carbons (Fsp3) is 1.00. The number of aliphatic hydroxyl groups excluding tert-OH is 1. The molecule has 0 spiro atoms. The van der Waals surface area contributed by atoms with E-state index in [1.807, 2.05) is 6.92 Å². The lowest BCUT2D eigenvalue weighted by Gasteiger charge is -2.36. The molecule has 0 aliphatic heterocycles. The predicted molar refractivity (Wildman–Crippen MR) is 63.8 cm³/mol. The van der Waals surface area contributed by atoms with E-state index in [4.69, 9.17) is 5.73 Å². The normalized spacial score (nSPS) is 29.4. The van der Waals surface area contributed by atoms with Gasteiger partial charge in [-0.1, -0.05) is 6.92 Å². The molecule has 0 aromatic rings. The first-order valence-electron chi connectivity index (χ1n) is 6.31. The van der Waals surface area contributed by atoms with Gasteiger partial charge in [0.2, 0.25) is 0 Å². The molecule has 90 valence electrons. The molecule has 1 unspecified atom stereocenters. The van der Waals surface area contributed by atoms with Gasteiger partial charge in [-0.2, -0.15) is 0 Å². The fourth-order valence-corrected chi connectivity index (χ4v) is 2.52. The second kappa shape index (κ2) is 6.46. The maximum atomic E-state index is 9.47. The standard InChI is InChI=1S/C12H26N2O/c1-3-8-14(9-10(2)15)12-6-4-11(13)5-7-12/h10-12,15H,3-9,13H2,1-2H3. The molecule has 1 fully saturated rings. The first kappa shape index (κ1) is 12.9. The summed E-state index contributed by atoms with van der Waals surface area (Å²) in [6.45, 7) is 5.99. The largest absolute Gasteiger partial charge is 0.392 e. The highest BCUT2D eigenvalue weighted by atomic mass is 16.3. The van der Waals surface area contributed by atoms with Gasteiger partial charge in [0.05, 0.1) is 6.10 Å². The number of rotatable bonds is 5. The van der Waals surface area contributed by atoms with Crippen LogP contribution in [-0.4, -0.2) is 41.3 Å². The van der Waals surface area contributed by atoms with Crippen LogP contribution in [0.1, 0.15) is 46.0 Å². The zero-order valence-corrected chi connectivity index (χ0v) is 10.2. The van der Waals surface area contributed by atoms with Gasteiger partial charge in [-0.3, -0.25) is 4.90 Å². The van der Waals surface area contributed by atoms with E-state index in [0.717, 1.165) is 32.4 Å². The Morgan fingerprint density at radius 3 is 2.40 bits per heavy atom. The smallest absolute Gasteiger partial charge is 0.0639 e. The highest BCUT2D eigenvalue weighted by Gasteiger charge is 2.24. The fourth-order valence-electron chi connectivity index (χ4n) is 2.52. The van der Waals surface area contributed by atoms with Crippen molar-refractivity contribution in [1.29, 1.82) is 0 Å². The lowest BCUT2D eigenvalue weighted by Crippen LogP contribution is -2.44. The van der Waals surface area contributed by atoms with Crippen LogP contribution in [0.25, 0.3) is 0 Å². The third kappa shape index (κ3) is 4.49. The molecule has 1 aliphatic rings. The average molecular weight is 214 g/mol.